The first kappa shape index (κ1) is 13.9. The maximum atomic E-state index is 12.2. The van der Waals surface area contributed by atoms with Crippen LogP contribution in [0.15, 0.2) is 0 Å². The molecule has 0 aromatic carbocycles. The van der Waals surface area contributed by atoms with E-state index in [1.54, 1.807) is 0 Å². The molecule has 0 saturated heterocycles. The van der Waals surface area contributed by atoms with Gasteiger partial charge in [0.05, 0.1) is 5.92 Å². The van der Waals surface area contributed by atoms with Crippen LogP contribution in [-0.4, -0.2) is 11.6 Å². The number of carbonyl (C=O) groups is 1. The first-order chi connectivity index (χ1) is 8.08. The van der Waals surface area contributed by atoms with Crippen molar-refractivity contribution in [3.8, 4) is 0 Å². The van der Waals surface area contributed by atoms with Gasteiger partial charge in [0.15, 0.2) is 0 Å². The molecule has 2 heteroatoms. The van der Waals surface area contributed by atoms with E-state index in [9.17, 15) is 4.79 Å². The van der Waals surface area contributed by atoms with Crippen LogP contribution in [0.4, 0.5) is 0 Å². The second kappa shape index (κ2) is 4.25. The van der Waals surface area contributed by atoms with Crippen molar-refractivity contribution < 1.29 is 9.53 Å². The maximum Gasteiger partial charge on any atom is 0.309 e. The van der Waals surface area contributed by atoms with Gasteiger partial charge in [-0.3, -0.25) is 4.79 Å². The van der Waals surface area contributed by atoms with Gasteiger partial charge in [-0.25, -0.2) is 0 Å². The third kappa shape index (κ3) is 2.73. The molecule has 2 aliphatic rings. The Morgan fingerprint density at radius 2 is 1.56 bits per heavy atom. The number of fused-ring (bicyclic) bond motifs is 2. The molecule has 18 heavy (non-hydrogen) atoms. The molecular formula is C16H28O2. The quantitative estimate of drug-likeness (QED) is 0.658. The zero-order chi connectivity index (χ0) is 13.7. The summed E-state index contributed by atoms with van der Waals surface area (Å²) in [5.74, 6) is 2.33. The van der Waals surface area contributed by atoms with Crippen LogP contribution < -0.4 is 0 Å². The van der Waals surface area contributed by atoms with Gasteiger partial charge in [0.1, 0.15) is 5.60 Å². The summed E-state index contributed by atoms with van der Waals surface area (Å²) >= 11 is 0. The zero-order valence-corrected chi connectivity index (χ0v) is 12.7. The Labute approximate surface area is 111 Å². The highest BCUT2D eigenvalue weighted by Crippen LogP contribution is 2.57. The molecule has 2 fully saturated rings. The smallest absolute Gasteiger partial charge is 0.309 e. The summed E-state index contributed by atoms with van der Waals surface area (Å²) in [5, 5.41) is 0. The predicted octanol–water partition coefficient (Wildman–Crippen LogP) is 4.04. The average Bonchev–Trinajstić information content (AvgIpc) is 2.71. The molecule has 4 atom stereocenters. The minimum Gasteiger partial charge on any atom is -0.460 e. The first-order valence-corrected chi connectivity index (χ1v) is 7.31. The molecule has 0 aromatic rings. The minimum absolute atomic E-state index is 0.0439. The van der Waals surface area contributed by atoms with Crippen molar-refractivity contribution in [1.29, 1.82) is 0 Å². The first-order valence-electron chi connectivity index (χ1n) is 7.31. The molecule has 2 nitrogen and oxygen atoms in total. The van der Waals surface area contributed by atoms with E-state index in [2.05, 4.69) is 20.8 Å². The largest absolute Gasteiger partial charge is 0.460 e. The van der Waals surface area contributed by atoms with Gasteiger partial charge >= 0.3 is 5.97 Å². The fourth-order valence-corrected chi connectivity index (χ4v) is 4.00. The minimum atomic E-state index is -0.345. The normalized spacial score (nSPS) is 35.9. The molecule has 4 unspecified atom stereocenters. The van der Waals surface area contributed by atoms with Crippen LogP contribution in [0.25, 0.3) is 0 Å². The number of hydrogen-bond donors (Lipinski definition) is 0. The Hall–Kier alpha value is -0.530. The van der Waals surface area contributed by atoms with E-state index in [1.165, 1.54) is 12.8 Å². The van der Waals surface area contributed by atoms with Crippen LogP contribution >= 0.6 is 0 Å². The predicted molar refractivity (Wildman–Crippen MR) is 73.1 cm³/mol. The summed E-state index contributed by atoms with van der Waals surface area (Å²) in [6.45, 7) is 12.9. The maximum absolute atomic E-state index is 12.2. The summed E-state index contributed by atoms with van der Waals surface area (Å²) in [6.07, 6.45) is 3.52. The van der Waals surface area contributed by atoms with E-state index in [4.69, 9.17) is 4.74 Å². The van der Waals surface area contributed by atoms with Gasteiger partial charge in [-0.05, 0) is 63.2 Å². The summed E-state index contributed by atoms with van der Waals surface area (Å²) in [4.78, 5) is 12.2. The molecule has 0 heterocycles. The van der Waals surface area contributed by atoms with E-state index in [0.29, 0.717) is 11.3 Å². The number of carbonyl (C=O) groups excluding carboxylic acids is 1. The monoisotopic (exact) mass is 252 g/mol. The van der Waals surface area contributed by atoms with Crippen molar-refractivity contribution in [3.05, 3.63) is 0 Å². The molecule has 2 aliphatic carbocycles. The Morgan fingerprint density at radius 1 is 0.944 bits per heavy atom. The van der Waals surface area contributed by atoms with Crippen LogP contribution in [0.2, 0.25) is 0 Å². The standard InChI is InChI=1S/C16H28O2/c1-15(2,3)13-9-10-7-11(13)8-12(10)14(17)18-16(4,5)6/h10-13H,7-9H2,1-6H3. The van der Waals surface area contributed by atoms with Gasteiger partial charge in [0.2, 0.25) is 0 Å². The lowest BCUT2D eigenvalue weighted by molar-refractivity contribution is -0.162. The average molecular weight is 252 g/mol. The summed E-state index contributed by atoms with van der Waals surface area (Å²) in [6, 6.07) is 0. The SMILES string of the molecule is CC(C)(C)OC(=O)C1CC2CC1CC2C(C)(C)C. The summed E-state index contributed by atoms with van der Waals surface area (Å²) in [7, 11) is 0. The molecule has 2 saturated carbocycles. The van der Waals surface area contributed by atoms with Crippen LogP contribution in [0.3, 0.4) is 0 Å². The fraction of sp³-hybridized carbons (Fsp3) is 0.938. The van der Waals surface area contributed by atoms with Crippen LogP contribution in [0.5, 0.6) is 0 Å². The summed E-state index contributed by atoms with van der Waals surface area (Å²) < 4.78 is 5.56. The highest BCUT2D eigenvalue weighted by molar-refractivity contribution is 5.74. The number of ether oxygens (including phenoxy) is 1. The van der Waals surface area contributed by atoms with Crippen LogP contribution in [0, 0.1) is 29.1 Å². The Kier molecular flexibility index (Phi) is 3.28. The molecule has 0 aliphatic heterocycles. The van der Waals surface area contributed by atoms with E-state index < -0.39 is 0 Å². The van der Waals surface area contributed by atoms with Gasteiger partial charge < -0.3 is 4.74 Å². The van der Waals surface area contributed by atoms with E-state index in [0.717, 1.165) is 18.3 Å². The van der Waals surface area contributed by atoms with Crippen molar-refractivity contribution in [1.82, 2.24) is 0 Å². The number of hydrogen-bond acceptors (Lipinski definition) is 2. The molecular weight excluding hydrogens is 224 g/mol. The lowest BCUT2D eigenvalue weighted by Crippen LogP contribution is -2.35. The molecule has 0 radical (unpaired) electrons. The zero-order valence-electron chi connectivity index (χ0n) is 12.7. The van der Waals surface area contributed by atoms with Crippen molar-refractivity contribution >= 4 is 5.97 Å². The lowest BCUT2D eigenvalue weighted by atomic mass is 9.69. The van der Waals surface area contributed by atoms with Crippen molar-refractivity contribution in [2.45, 2.75) is 66.4 Å². The van der Waals surface area contributed by atoms with E-state index in [-0.39, 0.29) is 17.5 Å². The number of esters is 1. The van der Waals surface area contributed by atoms with E-state index >= 15 is 0 Å². The van der Waals surface area contributed by atoms with E-state index in [1.807, 2.05) is 20.8 Å². The fourth-order valence-electron chi connectivity index (χ4n) is 4.00. The number of rotatable bonds is 1. The second-order valence-corrected chi connectivity index (χ2v) is 8.34. The highest BCUT2D eigenvalue weighted by atomic mass is 16.6. The van der Waals surface area contributed by atoms with Gasteiger partial charge in [0, 0.05) is 0 Å². The summed E-state index contributed by atoms with van der Waals surface area (Å²) in [5.41, 5.74) is 0.0423. The topological polar surface area (TPSA) is 26.3 Å². The highest BCUT2D eigenvalue weighted by Gasteiger charge is 2.52. The molecule has 2 rings (SSSR count). The molecule has 2 bridgehead atoms. The Bertz CT molecular complexity index is 332. The van der Waals surface area contributed by atoms with Gasteiger partial charge in [-0.1, -0.05) is 20.8 Å². The van der Waals surface area contributed by atoms with Crippen molar-refractivity contribution in [2.75, 3.05) is 0 Å². The molecule has 0 amide bonds. The van der Waals surface area contributed by atoms with Crippen molar-refractivity contribution in [3.63, 3.8) is 0 Å². The van der Waals surface area contributed by atoms with Gasteiger partial charge in [-0.2, -0.15) is 0 Å². The Balaban J connectivity index is 1.97. The molecule has 0 spiro atoms. The Morgan fingerprint density at radius 3 is 1.94 bits per heavy atom. The molecule has 0 N–H and O–H groups in total. The third-order valence-electron chi connectivity index (χ3n) is 4.68. The van der Waals surface area contributed by atoms with Crippen LogP contribution in [-0.2, 0) is 9.53 Å². The third-order valence-corrected chi connectivity index (χ3v) is 4.68. The van der Waals surface area contributed by atoms with Crippen molar-refractivity contribution in [2.24, 2.45) is 29.1 Å². The lowest BCUT2D eigenvalue weighted by Gasteiger charge is -2.36. The van der Waals surface area contributed by atoms with Gasteiger partial charge in [-0.15, -0.1) is 0 Å². The molecule has 104 valence electrons. The molecule has 0 aromatic heterocycles. The van der Waals surface area contributed by atoms with Gasteiger partial charge in [0.25, 0.3) is 0 Å². The second-order valence-electron chi connectivity index (χ2n) is 8.34. The van der Waals surface area contributed by atoms with Crippen LogP contribution in [0.1, 0.15) is 60.8 Å².